The molecule has 0 N–H and O–H groups in total. The number of nitrogens with zero attached hydrogens (tertiary/aromatic N) is 2. The third-order valence-corrected chi connectivity index (χ3v) is 5.82. The van der Waals surface area contributed by atoms with Crippen molar-refractivity contribution >= 4 is 23.4 Å². The molecule has 26 heavy (non-hydrogen) atoms. The van der Waals surface area contributed by atoms with E-state index in [9.17, 15) is 27.6 Å². The Hall–Kier alpha value is -2.38. The molecular formula is C18H17F3N2O3. The number of imide groups is 1. The third kappa shape index (κ3) is 2.34. The molecule has 3 saturated heterocycles. The van der Waals surface area contributed by atoms with E-state index in [4.69, 9.17) is 0 Å². The summed E-state index contributed by atoms with van der Waals surface area (Å²) in [4.78, 5) is 40.2. The lowest BCUT2D eigenvalue weighted by Crippen LogP contribution is -2.59. The Morgan fingerprint density at radius 1 is 1.12 bits per heavy atom. The number of carbonyl (C=O) groups is 3. The highest BCUT2D eigenvalue weighted by Crippen LogP contribution is 2.49. The first-order valence-electron chi connectivity index (χ1n) is 8.52. The first-order valence-corrected chi connectivity index (χ1v) is 8.52. The van der Waals surface area contributed by atoms with Gasteiger partial charge in [-0.3, -0.25) is 14.4 Å². The van der Waals surface area contributed by atoms with Crippen LogP contribution in [0.2, 0.25) is 0 Å². The third-order valence-electron chi connectivity index (χ3n) is 5.82. The summed E-state index contributed by atoms with van der Waals surface area (Å²) in [6, 6.07) is 3.92. The molecule has 4 atom stereocenters. The number of benzene rings is 1. The van der Waals surface area contributed by atoms with Gasteiger partial charge in [-0.05, 0) is 37.0 Å². The van der Waals surface area contributed by atoms with Gasteiger partial charge in [0.25, 0.3) is 0 Å². The fourth-order valence-corrected chi connectivity index (χ4v) is 4.74. The molecule has 0 radical (unpaired) electrons. The Kier molecular flexibility index (Phi) is 3.65. The van der Waals surface area contributed by atoms with Crippen LogP contribution in [0.15, 0.2) is 24.3 Å². The molecule has 1 aromatic rings. The maximum atomic E-state index is 13.0. The second-order valence-corrected chi connectivity index (χ2v) is 7.19. The molecule has 5 rings (SSSR count). The number of amides is 3. The lowest BCUT2D eigenvalue weighted by molar-refractivity contribution is -0.148. The Bertz CT molecular complexity index is 807. The molecular weight excluding hydrogens is 349 g/mol. The van der Waals surface area contributed by atoms with Crippen LogP contribution < -0.4 is 4.90 Å². The number of rotatable bonds is 1. The topological polar surface area (TPSA) is 57.7 Å². The van der Waals surface area contributed by atoms with E-state index in [1.165, 1.54) is 19.1 Å². The largest absolute Gasteiger partial charge is 0.416 e. The van der Waals surface area contributed by atoms with Crippen molar-refractivity contribution in [1.29, 1.82) is 0 Å². The van der Waals surface area contributed by atoms with E-state index in [1.54, 1.807) is 4.90 Å². The molecule has 1 unspecified atom stereocenters. The predicted molar refractivity (Wildman–Crippen MR) is 84.8 cm³/mol. The Morgan fingerprint density at radius 2 is 1.81 bits per heavy atom. The number of anilines is 1. The van der Waals surface area contributed by atoms with Crippen LogP contribution in [0, 0.1) is 17.8 Å². The average Bonchev–Trinajstić information content (AvgIpc) is 2.87. The van der Waals surface area contributed by atoms with Gasteiger partial charge in [0.2, 0.25) is 17.7 Å². The van der Waals surface area contributed by atoms with Crippen molar-refractivity contribution in [3.63, 3.8) is 0 Å². The summed E-state index contributed by atoms with van der Waals surface area (Å²) in [5.74, 6) is -2.42. The normalized spacial score (nSPS) is 30.8. The lowest BCUT2D eigenvalue weighted by Gasteiger charge is -2.49. The molecule has 5 nitrogen and oxygen atoms in total. The molecule has 3 aliphatic heterocycles. The molecule has 138 valence electrons. The summed E-state index contributed by atoms with van der Waals surface area (Å²) in [5, 5.41) is 0. The molecule has 2 bridgehead atoms. The minimum atomic E-state index is -4.56. The summed E-state index contributed by atoms with van der Waals surface area (Å²) in [7, 11) is 0. The summed E-state index contributed by atoms with van der Waals surface area (Å²) >= 11 is 0. The monoisotopic (exact) mass is 366 g/mol. The minimum absolute atomic E-state index is 0.0574. The number of carbonyl (C=O) groups excluding carboxylic acids is 3. The van der Waals surface area contributed by atoms with Gasteiger partial charge in [-0.25, -0.2) is 4.90 Å². The molecule has 1 aromatic carbocycles. The van der Waals surface area contributed by atoms with E-state index in [0.29, 0.717) is 13.0 Å². The van der Waals surface area contributed by atoms with Gasteiger partial charge in [0, 0.05) is 19.5 Å². The SMILES string of the molecule is CC(=O)N1CC2CC[C@@H]1[C@H]1C(=O)N(c3cccc(C(F)(F)F)c3)C(=O)[C@@H]21. The van der Waals surface area contributed by atoms with Crippen molar-refractivity contribution in [2.24, 2.45) is 17.8 Å². The zero-order valence-electron chi connectivity index (χ0n) is 14.0. The second kappa shape index (κ2) is 5.56. The summed E-state index contributed by atoms with van der Waals surface area (Å²) in [6.07, 6.45) is -3.18. The van der Waals surface area contributed by atoms with Gasteiger partial charge in [0.1, 0.15) is 0 Å². The molecule has 1 aliphatic carbocycles. The maximum Gasteiger partial charge on any atom is 0.416 e. The molecule has 4 aliphatic rings. The summed E-state index contributed by atoms with van der Waals surface area (Å²) in [5.41, 5.74) is -0.961. The molecule has 1 saturated carbocycles. The van der Waals surface area contributed by atoms with Crippen molar-refractivity contribution in [2.75, 3.05) is 11.4 Å². The van der Waals surface area contributed by atoms with Gasteiger partial charge < -0.3 is 4.90 Å². The van der Waals surface area contributed by atoms with E-state index in [0.717, 1.165) is 23.5 Å². The Balaban J connectivity index is 1.72. The van der Waals surface area contributed by atoms with Crippen LogP contribution >= 0.6 is 0 Å². The highest BCUT2D eigenvalue weighted by atomic mass is 19.4. The van der Waals surface area contributed by atoms with Crippen molar-refractivity contribution in [1.82, 2.24) is 4.90 Å². The fourth-order valence-electron chi connectivity index (χ4n) is 4.74. The number of halogens is 3. The standard InChI is InChI=1S/C18H17F3N2O3/c1-9(24)22-8-10-5-6-13(22)15-14(10)16(25)23(17(15)26)12-4-2-3-11(7-12)18(19,20)21/h2-4,7,10,13-15H,5-6,8H2,1H3/t10?,13-,14+,15-/m1/s1. The van der Waals surface area contributed by atoms with E-state index in [-0.39, 0.29) is 23.6 Å². The van der Waals surface area contributed by atoms with Gasteiger partial charge >= 0.3 is 6.18 Å². The van der Waals surface area contributed by atoms with Gasteiger partial charge in [0.15, 0.2) is 0 Å². The van der Waals surface area contributed by atoms with Crippen LogP contribution in [0.5, 0.6) is 0 Å². The molecule has 8 heteroatoms. The summed E-state index contributed by atoms with van der Waals surface area (Å²) < 4.78 is 39.0. The van der Waals surface area contributed by atoms with Crippen LogP contribution in [-0.2, 0) is 20.6 Å². The lowest BCUT2D eigenvalue weighted by atomic mass is 9.66. The average molecular weight is 366 g/mol. The fraction of sp³-hybridized carbons (Fsp3) is 0.500. The minimum Gasteiger partial charge on any atom is -0.339 e. The van der Waals surface area contributed by atoms with Gasteiger partial charge in [-0.1, -0.05) is 6.07 Å². The zero-order valence-corrected chi connectivity index (χ0v) is 14.0. The molecule has 0 spiro atoms. The molecule has 0 aromatic heterocycles. The van der Waals surface area contributed by atoms with Crippen molar-refractivity contribution in [3.8, 4) is 0 Å². The van der Waals surface area contributed by atoms with Gasteiger partial charge in [-0.15, -0.1) is 0 Å². The predicted octanol–water partition coefficient (Wildman–Crippen LogP) is 2.45. The number of alkyl halides is 3. The van der Waals surface area contributed by atoms with Crippen LogP contribution in [0.25, 0.3) is 0 Å². The van der Waals surface area contributed by atoms with E-state index in [1.807, 2.05) is 0 Å². The number of piperidine rings is 2. The van der Waals surface area contributed by atoms with Crippen molar-refractivity contribution in [3.05, 3.63) is 29.8 Å². The first kappa shape index (κ1) is 17.1. The van der Waals surface area contributed by atoms with E-state index in [2.05, 4.69) is 0 Å². The van der Waals surface area contributed by atoms with Crippen LogP contribution in [0.4, 0.5) is 18.9 Å². The Morgan fingerprint density at radius 3 is 2.46 bits per heavy atom. The van der Waals surface area contributed by atoms with Crippen molar-refractivity contribution < 1.29 is 27.6 Å². The van der Waals surface area contributed by atoms with Crippen molar-refractivity contribution in [2.45, 2.75) is 32.0 Å². The summed E-state index contributed by atoms with van der Waals surface area (Å²) in [6.45, 7) is 1.86. The smallest absolute Gasteiger partial charge is 0.339 e. The number of fused-ring (bicyclic) bond motifs is 2. The van der Waals surface area contributed by atoms with Gasteiger partial charge in [0.05, 0.1) is 23.1 Å². The second-order valence-electron chi connectivity index (χ2n) is 7.19. The number of hydrogen-bond donors (Lipinski definition) is 0. The molecule has 3 heterocycles. The maximum absolute atomic E-state index is 13.0. The van der Waals surface area contributed by atoms with E-state index >= 15 is 0 Å². The first-order chi connectivity index (χ1) is 12.2. The molecule has 4 fully saturated rings. The van der Waals surface area contributed by atoms with Crippen LogP contribution in [0.3, 0.4) is 0 Å². The zero-order chi connectivity index (χ0) is 18.8. The van der Waals surface area contributed by atoms with Crippen LogP contribution in [-0.4, -0.2) is 35.2 Å². The quantitative estimate of drug-likeness (QED) is 0.718. The highest BCUT2D eigenvalue weighted by molar-refractivity contribution is 6.22. The van der Waals surface area contributed by atoms with E-state index < -0.39 is 35.4 Å². The Labute approximate surface area is 147 Å². The molecule has 3 amide bonds. The number of hydrogen-bond acceptors (Lipinski definition) is 3. The van der Waals surface area contributed by atoms with Crippen LogP contribution in [0.1, 0.15) is 25.3 Å². The van der Waals surface area contributed by atoms with Gasteiger partial charge in [-0.2, -0.15) is 13.2 Å². The highest BCUT2D eigenvalue weighted by Gasteiger charge is 2.61.